The molecule has 90 valence electrons. The molecule has 2 rings (SSSR count). The van der Waals surface area contributed by atoms with Crippen molar-refractivity contribution in [3.63, 3.8) is 0 Å². The summed E-state index contributed by atoms with van der Waals surface area (Å²) in [7, 11) is 0. The molecule has 17 heavy (non-hydrogen) atoms. The minimum Gasteiger partial charge on any atom is -0.492 e. The maximum atomic E-state index is 9.01. The van der Waals surface area contributed by atoms with Crippen LogP contribution in [0.25, 0.3) is 0 Å². The first-order valence-electron chi connectivity index (χ1n) is 5.80. The highest BCUT2D eigenvalue weighted by Crippen LogP contribution is 2.25. The van der Waals surface area contributed by atoms with Gasteiger partial charge in [-0.3, -0.25) is 0 Å². The van der Waals surface area contributed by atoms with E-state index in [-0.39, 0.29) is 0 Å². The fourth-order valence-electron chi connectivity index (χ4n) is 1.91. The summed E-state index contributed by atoms with van der Waals surface area (Å²) in [5, 5.41) is 9.01. The van der Waals surface area contributed by atoms with Gasteiger partial charge in [-0.2, -0.15) is 5.26 Å². The third-order valence-electron chi connectivity index (χ3n) is 2.99. The molecule has 1 aromatic rings. The van der Waals surface area contributed by atoms with Crippen molar-refractivity contribution in [1.29, 1.82) is 5.26 Å². The lowest BCUT2D eigenvalue weighted by molar-refractivity contribution is 0.0497. The Bertz CT molecular complexity index is 420. The molecule has 1 aromatic carbocycles. The van der Waals surface area contributed by atoms with E-state index < -0.39 is 0 Å². The van der Waals surface area contributed by atoms with E-state index in [1.807, 2.05) is 0 Å². The van der Waals surface area contributed by atoms with Crippen LogP contribution in [0.3, 0.4) is 0 Å². The van der Waals surface area contributed by atoms with Crippen LogP contribution >= 0.6 is 0 Å². The number of benzene rings is 1. The molecule has 0 spiro atoms. The summed E-state index contributed by atoms with van der Waals surface area (Å²) < 4.78 is 11.0. The lowest BCUT2D eigenvalue weighted by atomic mass is 10.0. The molecule has 4 heteroatoms. The van der Waals surface area contributed by atoms with Crippen LogP contribution in [0.5, 0.6) is 5.75 Å². The van der Waals surface area contributed by atoms with Crippen LogP contribution in [0.15, 0.2) is 18.2 Å². The summed E-state index contributed by atoms with van der Waals surface area (Å²) in [5.74, 6) is 1.09. The highest BCUT2D eigenvalue weighted by molar-refractivity contribution is 5.60. The third-order valence-corrected chi connectivity index (χ3v) is 2.99. The average molecular weight is 232 g/mol. The number of nitrogens with zero attached hydrogens (tertiary/aromatic N) is 1. The molecule has 1 saturated heterocycles. The number of anilines is 1. The lowest BCUT2D eigenvalue weighted by Gasteiger charge is -2.22. The van der Waals surface area contributed by atoms with E-state index in [0.717, 1.165) is 26.1 Å². The molecule has 0 amide bonds. The quantitative estimate of drug-likeness (QED) is 0.809. The Balaban J connectivity index is 1.99. The first-order valence-corrected chi connectivity index (χ1v) is 5.80. The van der Waals surface area contributed by atoms with E-state index in [1.54, 1.807) is 18.2 Å². The Labute approximate surface area is 101 Å². The molecule has 0 atom stereocenters. The summed E-state index contributed by atoms with van der Waals surface area (Å²) in [5.41, 5.74) is 6.62. The maximum Gasteiger partial charge on any atom is 0.139 e. The minimum absolute atomic E-state index is 0.430. The van der Waals surface area contributed by atoms with Crippen LogP contribution in [0, 0.1) is 17.2 Å². The second-order valence-electron chi connectivity index (χ2n) is 4.20. The molecule has 1 fully saturated rings. The number of hydrogen-bond donors (Lipinski definition) is 1. The standard InChI is InChI=1S/C13H16N2O2/c14-8-11-12(15)2-1-3-13(11)17-9-10-4-6-16-7-5-10/h1-3,10H,4-7,9,15H2. The Kier molecular flexibility index (Phi) is 3.84. The number of nitriles is 1. The van der Waals surface area contributed by atoms with E-state index in [1.165, 1.54) is 0 Å². The molecular weight excluding hydrogens is 216 g/mol. The van der Waals surface area contributed by atoms with Gasteiger partial charge in [0, 0.05) is 13.2 Å². The van der Waals surface area contributed by atoms with Gasteiger partial charge in [-0.1, -0.05) is 6.07 Å². The molecule has 0 radical (unpaired) electrons. The van der Waals surface area contributed by atoms with Gasteiger partial charge in [0.05, 0.1) is 12.3 Å². The van der Waals surface area contributed by atoms with Gasteiger partial charge in [0.15, 0.2) is 0 Å². The van der Waals surface area contributed by atoms with Gasteiger partial charge in [-0.05, 0) is 30.9 Å². The fourth-order valence-corrected chi connectivity index (χ4v) is 1.91. The molecule has 0 bridgehead atoms. The van der Waals surface area contributed by atoms with Crippen LogP contribution in [-0.2, 0) is 4.74 Å². The van der Waals surface area contributed by atoms with Crippen molar-refractivity contribution in [2.24, 2.45) is 5.92 Å². The monoisotopic (exact) mass is 232 g/mol. The first kappa shape index (κ1) is 11.7. The van der Waals surface area contributed by atoms with Gasteiger partial charge in [0.1, 0.15) is 17.4 Å². The van der Waals surface area contributed by atoms with E-state index in [9.17, 15) is 0 Å². The van der Waals surface area contributed by atoms with Crippen molar-refractivity contribution in [3.8, 4) is 11.8 Å². The van der Waals surface area contributed by atoms with E-state index >= 15 is 0 Å². The Morgan fingerprint density at radius 3 is 2.88 bits per heavy atom. The highest BCUT2D eigenvalue weighted by atomic mass is 16.5. The molecule has 0 aliphatic carbocycles. The summed E-state index contributed by atoms with van der Waals surface area (Å²) in [6.45, 7) is 2.23. The molecule has 4 nitrogen and oxygen atoms in total. The van der Waals surface area contributed by atoms with Crippen molar-refractivity contribution in [3.05, 3.63) is 23.8 Å². The lowest BCUT2D eigenvalue weighted by Crippen LogP contribution is -2.21. The van der Waals surface area contributed by atoms with Crippen LogP contribution in [0.4, 0.5) is 5.69 Å². The summed E-state index contributed by atoms with van der Waals surface area (Å²) in [6, 6.07) is 7.37. The van der Waals surface area contributed by atoms with Crippen LogP contribution in [0.2, 0.25) is 0 Å². The van der Waals surface area contributed by atoms with Gasteiger partial charge < -0.3 is 15.2 Å². The van der Waals surface area contributed by atoms with E-state index in [4.69, 9.17) is 20.5 Å². The zero-order valence-electron chi connectivity index (χ0n) is 9.69. The predicted molar refractivity (Wildman–Crippen MR) is 64.6 cm³/mol. The van der Waals surface area contributed by atoms with Crippen molar-refractivity contribution >= 4 is 5.69 Å². The SMILES string of the molecule is N#Cc1c(N)cccc1OCC1CCOCC1. The second kappa shape index (κ2) is 5.55. The summed E-state index contributed by atoms with van der Waals surface area (Å²) >= 11 is 0. The van der Waals surface area contributed by atoms with Gasteiger partial charge in [0.2, 0.25) is 0 Å². The topological polar surface area (TPSA) is 68.3 Å². The predicted octanol–water partition coefficient (Wildman–Crippen LogP) is 1.95. The molecule has 1 aliphatic heterocycles. The number of nitrogens with two attached hydrogens (primary N) is 1. The fraction of sp³-hybridized carbons (Fsp3) is 0.462. The molecule has 1 heterocycles. The van der Waals surface area contributed by atoms with Gasteiger partial charge in [-0.25, -0.2) is 0 Å². The Hall–Kier alpha value is -1.73. The second-order valence-corrected chi connectivity index (χ2v) is 4.20. The number of hydrogen-bond acceptors (Lipinski definition) is 4. The average Bonchev–Trinajstić information content (AvgIpc) is 2.37. The Morgan fingerprint density at radius 1 is 1.41 bits per heavy atom. The molecule has 1 aliphatic rings. The van der Waals surface area contributed by atoms with Gasteiger partial charge in [-0.15, -0.1) is 0 Å². The first-order chi connectivity index (χ1) is 8.31. The zero-order valence-corrected chi connectivity index (χ0v) is 9.69. The number of rotatable bonds is 3. The summed E-state index contributed by atoms with van der Waals surface area (Å²) in [4.78, 5) is 0. The molecule has 2 N–H and O–H groups in total. The summed E-state index contributed by atoms with van der Waals surface area (Å²) in [6.07, 6.45) is 2.04. The van der Waals surface area contributed by atoms with Crippen LogP contribution < -0.4 is 10.5 Å². The van der Waals surface area contributed by atoms with Crippen molar-refractivity contribution in [1.82, 2.24) is 0 Å². The van der Waals surface area contributed by atoms with Gasteiger partial charge in [0.25, 0.3) is 0 Å². The number of nitrogen functional groups attached to an aromatic ring is 1. The molecular formula is C13H16N2O2. The molecule has 0 unspecified atom stereocenters. The van der Waals surface area contributed by atoms with Crippen LogP contribution in [0.1, 0.15) is 18.4 Å². The largest absolute Gasteiger partial charge is 0.492 e. The van der Waals surface area contributed by atoms with Crippen molar-refractivity contribution < 1.29 is 9.47 Å². The number of ether oxygens (including phenoxy) is 2. The van der Waals surface area contributed by atoms with E-state index in [0.29, 0.717) is 29.5 Å². The van der Waals surface area contributed by atoms with Crippen molar-refractivity contribution in [2.75, 3.05) is 25.6 Å². The molecule has 0 aromatic heterocycles. The highest BCUT2D eigenvalue weighted by Gasteiger charge is 2.15. The van der Waals surface area contributed by atoms with Crippen molar-refractivity contribution in [2.45, 2.75) is 12.8 Å². The van der Waals surface area contributed by atoms with E-state index in [2.05, 4.69) is 6.07 Å². The Morgan fingerprint density at radius 2 is 2.18 bits per heavy atom. The smallest absolute Gasteiger partial charge is 0.139 e. The molecule has 0 saturated carbocycles. The van der Waals surface area contributed by atoms with Crippen LogP contribution in [-0.4, -0.2) is 19.8 Å². The zero-order chi connectivity index (χ0) is 12.1. The van der Waals surface area contributed by atoms with Gasteiger partial charge >= 0.3 is 0 Å². The third kappa shape index (κ3) is 2.89. The normalized spacial score (nSPS) is 16.4. The maximum absolute atomic E-state index is 9.01. The minimum atomic E-state index is 0.430.